The van der Waals surface area contributed by atoms with Gasteiger partial charge in [-0.15, -0.1) is 0 Å². The molecule has 0 bridgehead atoms. The summed E-state index contributed by atoms with van der Waals surface area (Å²) in [5, 5.41) is 6.67. The Morgan fingerprint density at radius 1 is 0.957 bits per heavy atom. The van der Waals surface area contributed by atoms with Gasteiger partial charge in [-0.25, -0.2) is 0 Å². The highest BCUT2D eigenvalue weighted by atomic mass is 16.2. The molecule has 23 heavy (non-hydrogen) atoms. The van der Waals surface area contributed by atoms with Crippen LogP contribution in [0.5, 0.6) is 0 Å². The van der Waals surface area contributed by atoms with Crippen molar-refractivity contribution in [3.05, 3.63) is 66.2 Å². The third kappa shape index (κ3) is 2.61. The van der Waals surface area contributed by atoms with E-state index in [4.69, 9.17) is 0 Å². The molecular weight excluding hydrogens is 286 g/mol. The number of benzene rings is 2. The van der Waals surface area contributed by atoms with Gasteiger partial charge in [0.15, 0.2) is 0 Å². The van der Waals surface area contributed by atoms with E-state index in [-0.39, 0.29) is 11.9 Å². The van der Waals surface area contributed by atoms with Gasteiger partial charge < -0.3 is 4.90 Å². The van der Waals surface area contributed by atoms with E-state index in [0.29, 0.717) is 12.1 Å². The van der Waals surface area contributed by atoms with Crippen LogP contribution < -0.4 is 5.01 Å². The van der Waals surface area contributed by atoms with Gasteiger partial charge in [0.2, 0.25) is 0 Å². The van der Waals surface area contributed by atoms with Crippen LogP contribution in [0.3, 0.4) is 0 Å². The molecule has 2 aliphatic rings. The van der Waals surface area contributed by atoms with Crippen molar-refractivity contribution in [1.29, 1.82) is 0 Å². The minimum Gasteiger partial charge on any atom is -0.337 e. The number of nitrogens with zero attached hydrogens (tertiary/aromatic N) is 3. The monoisotopic (exact) mass is 305 g/mol. The Bertz CT molecular complexity index is 723. The van der Waals surface area contributed by atoms with Gasteiger partial charge in [-0.05, 0) is 24.1 Å². The van der Waals surface area contributed by atoms with Crippen LogP contribution in [0.15, 0.2) is 65.8 Å². The Balaban J connectivity index is 1.67. The van der Waals surface area contributed by atoms with E-state index in [1.807, 2.05) is 58.4 Å². The summed E-state index contributed by atoms with van der Waals surface area (Å²) in [6, 6.07) is 20.4. The van der Waals surface area contributed by atoms with Gasteiger partial charge in [0.1, 0.15) is 5.71 Å². The van der Waals surface area contributed by atoms with Gasteiger partial charge in [0, 0.05) is 19.5 Å². The largest absolute Gasteiger partial charge is 0.337 e. The molecule has 1 fully saturated rings. The predicted octanol–water partition coefficient (Wildman–Crippen LogP) is 3.23. The van der Waals surface area contributed by atoms with Crippen LogP contribution in [0, 0.1) is 0 Å². The van der Waals surface area contributed by atoms with Crippen LogP contribution in [-0.4, -0.2) is 29.6 Å². The fourth-order valence-electron chi connectivity index (χ4n) is 3.09. The average molecular weight is 305 g/mol. The predicted molar refractivity (Wildman–Crippen MR) is 91.4 cm³/mol. The molecule has 116 valence electrons. The van der Waals surface area contributed by atoms with E-state index in [2.05, 4.69) is 17.2 Å². The molecule has 4 rings (SSSR count). The maximum absolute atomic E-state index is 12.5. The molecule has 4 heteroatoms. The molecule has 2 heterocycles. The average Bonchev–Trinajstić information content (AvgIpc) is 3.00. The Hall–Kier alpha value is -2.62. The van der Waals surface area contributed by atoms with E-state index in [1.54, 1.807) is 0 Å². The molecule has 2 aromatic rings. The third-order valence-electron chi connectivity index (χ3n) is 4.51. The fourth-order valence-corrected chi connectivity index (χ4v) is 3.09. The van der Waals surface area contributed by atoms with Gasteiger partial charge in [0.05, 0.1) is 11.7 Å². The van der Waals surface area contributed by atoms with Crippen molar-refractivity contribution in [3.63, 3.8) is 0 Å². The first kappa shape index (κ1) is 14.0. The lowest BCUT2D eigenvalue weighted by Crippen LogP contribution is -2.45. The SMILES string of the molecule is O=C(C1=NN(c2ccccc2)[C@H](c2ccccc2)C1)N1CCC1. The van der Waals surface area contributed by atoms with Crippen molar-refractivity contribution < 1.29 is 4.79 Å². The lowest BCUT2D eigenvalue weighted by Gasteiger charge is -2.30. The Morgan fingerprint density at radius 3 is 2.22 bits per heavy atom. The first-order chi connectivity index (χ1) is 11.3. The highest BCUT2D eigenvalue weighted by molar-refractivity contribution is 6.39. The van der Waals surface area contributed by atoms with Crippen molar-refractivity contribution in [2.75, 3.05) is 18.1 Å². The van der Waals surface area contributed by atoms with Crippen LogP contribution >= 0.6 is 0 Å². The maximum Gasteiger partial charge on any atom is 0.270 e. The Kier molecular flexibility index (Phi) is 3.58. The number of amides is 1. The van der Waals surface area contributed by atoms with Crippen molar-refractivity contribution >= 4 is 17.3 Å². The molecule has 0 N–H and O–H groups in total. The fraction of sp³-hybridized carbons (Fsp3) is 0.263. The number of rotatable bonds is 3. The minimum atomic E-state index is 0.0822. The number of hydrogen-bond acceptors (Lipinski definition) is 3. The summed E-state index contributed by atoms with van der Waals surface area (Å²) >= 11 is 0. The molecule has 0 saturated carbocycles. The van der Waals surface area contributed by atoms with Crippen molar-refractivity contribution in [1.82, 2.24) is 4.90 Å². The highest BCUT2D eigenvalue weighted by Crippen LogP contribution is 2.35. The highest BCUT2D eigenvalue weighted by Gasteiger charge is 2.35. The zero-order valence-corrected chi connectivity index (χ0v) is 12.9. The topological polar surface area (TPSA) is 35.9 Å². The molecule has 4 nitrogen and oxygen atoms in total. The summed E-state index contributed by atoms with van der Waals surface area (Å²) in [6.07, 6.45) is 1.76. The van der Waals surface area contributed by atoms with E-state index in [0.717, 1.165) is 25.2 Å². The second kappa shape index (κ2) is 5.88. The quantitative estimate of drug-likeness (QED) is 0.873. The second-order valence-corrected chi connectivity index (χ2v) is 6.00. The molecule has 2 aromatic carbocycles. The molecule has 0 spiro atoms. The van der Waals surface area contributed by atoms with Gasteiger partial charge in [-0.2, -0.15) is 5.10 Å². The van der Waals surface area contributed by atoms with Gasteiger partial charge >= 0.3 is 0 Å². The maximum atomic E-state index is 12.5. The van der Waals surface area contributed by atoms with Crippen LogP contribution in [0.25, 0.3) is 0 Å². The molecule has 2 aliphatic heterocycles. The van der Waals surface area contributed by atoms with Crippen molar-refractivity contribution in [3.8, 4) is 0 Å². The van der Waals surface area contributed by atoms with Gasteiger partial charge in [-0.3, -0.25) is 9.80 Å². The zero-order valence-electron chi connectivity index (χ0n) is 12.9. The summed E-state index contributed by atoms with van der Waals surface area (Å²) in [4.78, 5) is 14.4. The number of carbonyl (C=O) groups is 1. The van der Waals surface area contributed by atoms with Crippen LogP contribution in [0.1, 0.15) is 24.4 Å². The number of para-hydroxylation sites is 1. The Labute approximate surface area is 136 Å². The van der Waals surface area contributed by atoms with Crippen LogP contribution in [-0.2, 0) is 4.79 Å². The molecule has 1 saturated heterocycles. The molecule has 0 radical (unpaired) electrons. The molecule has 0 aliphatic carbocycles. The van der Waals surface area contributed by atoms with E-state index in [1.165, 1.54) is 5.56 Å². The standard InChI is InChI=1S/C19H19N3O/c23-19(21-12-7-13-21)17-14-18(15-8-3-1-4-9-15)22(20-17)16-10-5-2-6-11-16/h1-6,8-11,18H,7,12-14H2/t18-/m0/s1. The molecule has 0 aromatic heterocycles. The lowest BCUT2D eigenvalue weighted by molar-refractivity contribution is -0.127. The van der Waals surface area contributed by atoms with E-state index in [9.17, 15) is 4.79 Å². The molecule has 1 atom stereocenters. The van der Waals surface area contributed by atoms with Crippen molar-refractivity contribution in [2.45, 2.75) is 18.9 Å². The molecule has 1 amide bonds. The Morgan fingerprint density at radius 2 is 1.61 bits per heavy atom. The molecule has 0 unspecified atom stereocenters. The third-order valence-corrected chi connectivity index (χ3v) is 4.51. The number of anilines is 1. The minimum absolute atomic E-state index is 0.0822. The van der Waals surface area contributed by atoms with Gasteiger partial charge in [0.25, 0.3) is 5.91 Å². The normalized spacial score (nSPS) is 20.2. The van der Waals surface area contributed by atoms with Crippen molar-refractivity contribution in [2.24, 2.45) is 5.10 Å². The van der Waals surface area contributed by atoms with E-state index < -0.39 is 0 Å². The first-order valence-electron chi connectivity index (χ1n) is 8.09. The van der Waals surface area contributed by atoms with Crippen LogP contribution in [0.2, 0.25) is 0 Å². The summed E-state index contributed by atoms with van der Waals surface area (Å²) < 4.78 is 0. The number of likely N-dealkylation sites (tertiary alicyclic amines) is 1. The molecular formula is C19H19N3O. The number of hydrogen-bond donors (Lipinski definition) is 0. The number of carbonyl (C=O) groups excluding carboxylic acids is 1. The summed E-state index contributed by atoms with van der Waals surface area (Å²) in [5.74, 6) is 0.0932. The smallest absolute Gasteiger partial charge is 0.270 e. The lowest BCUT2D eigenvalue weighted by atomic mass is 10.0. The summed E-state index contributed by atoms with van der Waals surface area (Å²) in [6.45, 7) is 1.72. The first-order valence-corrected chi connectivity index (χ1v) is 8.09. The number of hydrazone groups is 1. The summed E-state index contributed by atoms with van der Waals surface area (Å²) in [7, 11) is 0. The zero-order chi connectivity index (χ0) is 15.6. The van der Waals surface area contributed by atoms with E-state index >= 15 is 0 Å². The van der Waals surface area contributed by atoms with Crippen LogP contribution in [0.4, 0.5) is 5.69 Å². The second-order valence-electron chi connectivity index (χ2n) is 6.00. The summed E-state index contributed by atoms with van der Waals surface area (Å²) in [5.41, 5.74) is 2.88. The van der Waals surface area contributed by atoms with Gasteiger partial charge in [-0.1, -0.05) is 48.5 Å².